The van der Waals surface area contributed by atoms with Crippen LogP contribution in [0, 0.1) is 19.8 Å². The number of amides is 1. The number of hydrogen-bond donors (Lipinski definition) is 0. The molecule has 1 aliphatic carbocycles. The molecular formula is C20H30N2O4. The number of hydrogen-bond acceptors (Lipinski definition) is 4. The summed E-state index contributed by atoms with van der Waals surface area (Å²) in [5.41, 5.74) is 2.23. The standard InChI is InChI=1S/C20H30N2O4/c1-7-26-20(25)17-12(2)16(13(3)21(17)5)18(23)14(4)22(6)19(24)15-10-8-9-11-15/h14-15H,7-11H2,1-6H3. The molecule has 0 aliphatic heterocycles. The number of carbonyl (C=O) groups is 3. The predicted octanol–water partition coefficient (Wildman–Crippen LogP) is 3.04. The van der Waals surface area contributed by atoms with Crippen molar-refractivity contribution in [2.45, 2.75) is 59.4 Å². The van der Waals surface area contributed by atoms with Crippen LogP contribution < -0.4 is 0 Å². The van der Waals surface area contributed by atoms with E-state index in [1.165, 1.54) is 0 Å². The van der Waals surface area contributed by atoms with Gasteiger partial charge in [-0.2, -0.15) is 0 Å². The maximum Gasteiger partial charge on any atom is 0.355 e. The summed E-state index contributed by atoms with van der Waals surface area (Å²) in [5.74, 6) is -0.499. The molecule has 2 rings (SSSR count). The van der Waals surface area contributed by atoms with Gasteiger partial charge in [0.15, 0.2) is 5.78 Å². The van der Waals surface area contributed by atoms with Crippen LogP contribution in [-0.2, 0) is 16.6 Å². The molecule has 0 spiro atoms. The highest BCUT2D eigenvalue weighted by Gasteiger charge is 2.33. The molecule has 1 heterocycles. The summed E-state index contributed by atoms with van der Waals surface area (Å²) in [4.78, 5) is 39.6. The van der Waals surface area contributed by atoms with Gasteiger partial charge in [-0.05, 0) is 46.1 Å². The van der Waals surface area contributed by atoms with Gasteiger partial charge in [-0.1, -0.05) is 12.8 Å². The number of esters is 1. The average molecular weight is 362 g/mol. The first-order valence-corrected chi connectivity index (χ1v) is 9.36. The molecule has 6 heteroatoms. The van der Waals surface area contributed by atoms with Crippen LogP contribution in [0.25, 0.3) is 0 Å². The van der Waals surface area contributed by atoms with Gasteiger partial charge in [0.2, 0.25) is 5.91 Å². The van der Waals surface area contributed by atoms with Crippen molar-refractivity contribution in [3.63, 3.8) is 0 Å². The van der Waals surface area contributed by atoms with Crippen molar-refractivity contribution in [1.29, 1.82) is 0 Å². The largest absolute Gasteiger partial charge is 0.461 e. The average Bonchev–Trinajstić information content (AvgIpc) is 3.21. The number of ether oxygens (including phenoxy) is 1. The maximum absolute atomic E-state index is 13.1. The lowest BCUT2D eigenvalue weighted by atomic mass is 9.98. The third-order valence-electron chi connectivity index (χ3n) is 5.66. The predicted molar refractivity (Wildman–Crippen MR) is 99.4 cm³/mol. The summed E-state index contributed by atoms with van der Waals surface area (Å²) in [6.45, 7) is 7.36. The lowest BCUT2D eigenvalue weighted by Gasteiger charge is -2.27. The Labute approximate surface area is 155 Å². The number of ketones is 1. The molecule has 6 nitrogen and oxygen atoms in total. The second kappa shape index (κ2) is 8.06. The minimum absolute atomic E-state index is 0.0308. The highest BCUT2D eigenvalue weighted by atomic mass is 16.5. The lowest BCUT2D eigenvalue weighted by molar-refractivity contribution is -0.135. The highest BCUT2D eigenvalue weighted by molar-refractivity contribution is 6.06. The van der Waals surface area contributed by atoms with Crippen molar-refractivity contribution >= 4 is 17.7 Å². The summed E-state index contributed by atoms with van der Waals surface area (Å²) >= 11 is 0. The third kappa shape index (κ3) is 3.55. The molecular weight excluding hydrogens is 332 g/mol. The highest BCUT2D eigenvalue weighted by Crippen LogP contribution is 2.28. The molecule has 0 aromatic carbocycles. The first kappa shape index (κ1) is 20.2. The molecule has 1 unspecified atom stereocenters. The van der Waals surface area contributed by atoms with E-state index in [2.05, 4.69) is 0 Å². The smallest absolute Gasteiger partial charge is 0.355 e. The number of carbonyl (C=O) groups excluding carboxylic acids is 3. The van der Waals surface area contributed by atoms with Crippen molar-refractivity contribution in [1.82, 2.24) is 9.47 Å². The SMILES string of the molecule is CCOC(=O)c1c(C)c(C(=O)C(C)N(C)C(=O)C2CCCC2)c(C)n1C. The summed E-state index contributed by atoms with van der Waals surface area (Å²) in [6, 6.07) is -0.571. The summed E-state index contributed by atoms with van der Waals surface area (Å²) in [5, 5.41) is 0. The fourth-order valence-electron chi connectivity index (χ4n) is 3.87. The van der Waals surface area contributed by atoms with Crippen molar-refractivity contribution in [3.8, 4) is 0 Å². The first-order chi connectivity index (χ1) is 12.2. The van der Waals surface area contributed by atoms with E-state index in [4.69, 9.17) is 4.74 Å². The van der Waals surface area contributed by atoms with E-state index < -0.39 is 12.0 Å². The summed E-state index contributed by atoms with van der Waals surface area (Å²) in [7, 11) is 3.45. The number of nitrogens with zero attached hydrogens (tertiary/aromatic N) is 2. The van der Waals surface area contributed by atoms with Gasteiger partial charge in [0.05, 0.1) is 12.6 Å². The van der Waals surface area contributed by atoms with Crippen LogP contribution in [0.3, 0.4) is 0 Å². The Bertz CT molecular complexity index is 714. The van der Waals surface area contributed by atoms with E-state index in [-0.39, 0.29) is 24.2 Å². The molecule has 1 amide bonds. The zero-order chi connectivity index (χ0) is 19.6. The van der Waals surface area contributed by atoms with E-state index in [0.29, 0.717) is 22.5 Å². The normalized spacial score (nSPS) is 15.8. The van der Waals surface area contributed by atoms with Crippen molar-refractivity contribution < 1.29 is 19.1 Å². The summed E-state index contributed by atoms with van der Waals surface area (Å²) in [6.07, 6.45) is 3.96. The molecule has 0 N–H and O–H groups in total. The minimum atomic E-state index is -0.571. The third-order valence-corrected chi connectivity index (χ3v) is 5.66. The van der Waals surface area contributed by atoms with Gasteiger partial charge < -0.3 is 14.2 Å². The van der Waals surface area contributed by atoms with Crippen LogP contribution in [0.2, 0.25) is 0 Å². The molecule has 1 fully saturated rings. The van der Waals surface area contributed by atoms with Crippen LogP contribution in [0.4, 0.5) is 0 Å². The monoisotopic (exact) mass is 362 g/mol. The van der Waals surface area contributed by atoms with Crippen LogP contribution in [0.15, 0.2) is 0 Å². The molecule has 0 saturated heterocycles. The van der Waals surface area contributed by atoms with E-state index in [1.54, 1.807) is 44.3 Å². The number of aromatic nitrogens is 1. The second-order valence-electron chi connectivity index (χ2n) is 7.18. The molecule has 1 aromatic rings. The van der Waals surface area contributed by atoms with Gasteiger partial charge in [-0.15, -0.1) is 0 Å². The quantitative estimate of drug-likeness (QED) is 0.576. The van der Waals surface area contributed by atoms with Gasteiger partial charge in [0.25, 0.3) is 0 Å². The van der Waals surface area contributed by atoms with E-state index >= 15 is 0 Å². The molecule has 1 aliphatic rings. The van der Waals surface area contributed by atoms with Crippen LogP contribution in [0.5, 0.6) is 0 Å². The minimum Gasteiger partial charge on any atom is -0.461 e. The van der Waals surface area contributed by atoms with E-state index in [1.807, 2.05) is 6.92 Å². The van der Waals surface area contributed by atoms with Crippen molar-refractivity contribution in [2.24, 2.45) is 13.0 Å². The van der Waals surface area contributed by atoms with Crippen LogP contribution in [-0.4, -0.2) is 46.8 Å². The zero-order valence-corrected chi connectivity index (χ0v) is 16.7. The Morgan fingerprint density at radius 2 is 1.81 bits per heavy atom. The van der Waals surface area contributed by atoms with Gasteiger partial charge in [0.1, 0.15) is 5.69 Å². The molecule has 144 valence electrons. The fraction of sp³-hybridized carbons (Fsp3) is 0.650. The fourth-order valence-corrected chi connectivity index (χ4v) is 3.87. The zero-order valence-electron chi connectivity index (χ0n) is 16.7. The van der Waals surface area contributed by atoms with Crippen molar-refractivity contribution in [2.75, 3.05) is 13.7 Å². The molecule has 1 atom stereocenters. The van der Waals surface area contributed by atoms with Gasteiger partial charge in [0, 0.05) is 31.3 Å². The molecule has 1 aromatic heterocycles. The van der Waals surface area contributed by atoms with Crippen LogP contribution in [0.1, 0.15) is 71.6 Å². The lowest BCUT2D eigenvalue weighted by Crippen LogP contribution is -2.43. The Kier molecular flexibility index (Phi) is 6.26. The van der Waals surface area contributed by atoms with E-state index in [0.717, 1.165) is 25.7 Å². The number of Topliss-reactive ketones (excluding diaryl/α,β-unsaturated/α-hetero) is 1. The van der Waals surface area contributed by atoms with Crippen LogP contribution >= 0.6 is 0 Å². The maximum atomic E-state index is 13.1. The van der Waals surface area contributed by atoms with E-state index in [9.17, 15) is 14.4 Å². The van der Waals surface area contributed by atoms with Gasteiger partial charge >= 0.3 is 5.97 Å². The Morgan fingerprint density at radius 3 is 2.35 bits per heavy atom. The Morgan fingerprint density at radius 1 is 1.23 bits per heavy atom. The van der Waals surface area contributed by atoms with Crippen molar-refractivity contribution in [3.05, 3.63) is 22.5 Å². The molecule has 26 heavy (non-hydrogen) atoms. The molecule has 0 bridgehead atoms. The topological polar surface area (TPSA) is 68.6 Å². The van der Waals surface area contributed by atoms with Gasteiger partial charge in [-0.25, -0.2) is 4.79 Å². The Balaban J connectivity index is 2.29. The molecule has 0 radical (unpaired) electrons. The molecule has 1 saturated carbocycles. The first-order valence-electron chi connectivity index (χ1n) is 9.36. The Hall–Kier alpha value is -2.11. The second-order valence-corrected chi connectivity index (χ2v) is 7.18. The number of rotatable bonds is 6. The summed E-state index contributed by atoms with van der Waals surface area (Å²) < 4.78 is 6.82. The number of likely N-dealkylation sites (N-methyl/N-ethyl adjacent to an activating group) is 1. The van der Waals surface area contributed by atoms with Gasteiger partial charge in [-0.3, -0.25) is 9.59 Å².